The molecule has 1 fully saturated rings. The quantitative estimate of drug-likeness (QED) is 0.601. The summed E-state index contributed by atoms with van der Waals surface area (Å²) < 4.78 is 0. The van der Waals surface area contributed by atoms with Crippen molar-refractivity contribution in [1.82, 2.24) is 0 Å². The molecule has 2 aromatic rings. The van der Waals surface area contributed by atoms with E-state index >= 15 is 0 Å². The first-order valence-electron chi connectivity index (χ1n) is 7.80. The van der Waals surface area contributed by atoms with Crippen LogP contribution in [-0.2, 0) is 26.2 Å². The number of hydrogen-bond donors (Lipinski definition) is 0. The van der Waals surface area contributed by atoms with Crippen molar-refractivity contribution in [3.8, 4) is 0 Å². The van der Waals surface area contributed by atoms with E-state index in [0.717, 1.165) is 0 Å². The Labute approximate surface area is 163 Å². The first-order chi connectivity index (χ1) is 9.61. The van der Waals surface area contributed by atoms with Gasteiger partial charge >= 0.3 is 26.2 Å². The van der Waals surface area contributed by atoms with E-state index in [2.05, 4.69) is 70.5 Å². The summed E-state index contributed by atoms with van der Waals surface area (Å²) in [5, 5.41) is 0. The van der Waals surface area contributed by atoms with Crippen LogP contribution < -0.4 is 12.4 Å². The van der Waals surface area contributed by atoms with Gasteiger partial charge in [0.1, 0.15) is 0 Å². The molecule has 2 heteroatoms. The number of hydrogen-bond acceptors (Lipinski definition) is 0. The van der Waals surface area contributed by atoms with Crippen LogP contribution in [0.5, 0.6) is 0 Å². The van der Waals surface area contributed by atoms with E-state index < -0.39 is 0 Å². The van der Waals surface area contributed by atoms with Crippen molar-refractivity contribution in [2.75, 3.05) is 0 Å². The van der Waals surface area contributed by atoms with Crippen LogP contribution >= 0.6 is 0 Å². The maximum absolute atomic E-state index is 2.39. The van der Waals surface area contributed by atoms with Crippen molar-refractivity contribution in [3.63, 3.8) is 0 Å². The van der Waals surface area contributed by atoms with Gasteiger partial charge in [-0.1, -0.05) is 47.0 Å². The minimum absolute atomic E-state index is 0. The predicted molar refractivity (Wildman–Crippen MR) is 90.4 cm³/mol. The average molecular weight is 396 g/mol. The zero-order valence-electron chi connectivity index (χ0n) is 14.5. The SMILES string of the molecule is Cc1ccc[c-]1C.Cc1ccc[c-]1C.[CH-]1CCCCC1.[Cl-].[Zr+4]. The molecule has 1 saturated carbocycles. The van der Waals surface area contributed by atoms with Gasteiger partial charge in [0, 0.05) is 0 Å². The fourth-order valence-electron chi connectivity index (χ4n) is 2.10. The van der Waals surface area contributed by atoms with Gasteiger partial charge in [-0.2, -0.15) is 47.2 Å². The van der Waals surface area contributed by atoms with Gasteiger partial charge in [-0.25, -0.2) is 24.3 Å². The third kappa shape index (κ3) is 10.6. The molecule has 0 unspecified atom stereocenters. The molecule has 0 aliphatic heterocycles. The summed E-state index contributed by atoms with van der Waals surface area (Å²) in [4.78, 5) is 0. The molecule has 1 aliphatic rings. The van der Waals surface area contributed by atoms with E-state index in [1.807, 2.05) is 0 Å². The molecular weight excluding hydrogens is 367 g/mol. The Hall–Kier alpha value is -0.127. The molecule has 0 radical (unpaired) electrons. The van der Waals surface area contributed by atoms with Crippen molar-refractivity contribution >= 4 is 0 Å². The Bertz CT molecular complexity index is 381. The minimum atomic E-state index is 0. The third-order valence-electron chi connectivity index (χ3n) is 3.95. The van der Waals surface area contributed by atoms with Crippen LogP contribution in [0.4, 0.5) is 0 Å². The fraction of sp³-hybridized carbons (Fsp3) is 0.450. The molecular formula is C20H29ClZr. The second kappa shape index (κ2) is 14.5. The largest absolute Gasteiger partial charge is 4.00 e. The number of aryl methyl sites for hydroxylation is 4. The zero-order chi connectivity index (χ0) is 14.8. The molecule has 1 aliphatic carbocycles. The minimum Gasteiger partial charge on any atom is -1.00 e. The molecule has 2 aromatic carbocycles. The molecule has 22 heavy (non-hydrogen) atoms. The predicted octanol–water partition coefficient (Wildman–Crippen LogP) is 3.20. The summed E-state index contributed by atoms with van der Waals surface area (Å²) in [5.41, 5.74) is 5.56. The van der Waals surface area contributed by atoms with Crippen molar-refractivity contribution in [3.05, 3.63) is 65.1 Å². The summed E-state index contributed by atoms with van der Waals surface area (Å²) in [6.07, 6.45) is 9.50. The Morgan fingerprint density at radius 1 is 0.818 bits per heavy atom. The Balaban J connectivity index is 0. The molecule has 0 amide bonds. The van der Waals surface area contributed by atoms with Gasteiger partial charge in [0.05, 0.1) is 0 Å². The van der Waals surface area contributed by atoms with Crippen LogP contribution in [0.3, 0.4) is 0 Å². The topological polar surface area (TPSA) is 0 Å². The summed E-state index contributed by atoms with van der Waals surface area (Å²) in [6.45, 7) is 8.48. The maximum atomic E-state index is 2.39. The van der Waals surface area contributed by atoms with Crippen LogP contribution in [0.15, 0.2) is 36.4 Å². The van der Waals surface area contributed by atoms with Crippen LogP contribution in [0, 0.1) is 34.1 Å². The molecule has 0 spiro atoms. The van der Waals surface area contributed by atoms with Crippen LogP contribution in [0.1, 0.15) is 54.4 Å². The van der Waals surface area contributed by atoms with Crippen LogP contribution in [0.25, 0.3) is 0 Å². The second-order valence-corrected chi connectivity index (χ2v) is 5.71. The molecule has 0 N–H and O–H groups in total. The summed E-state index contributed by atoms with van der Waals surface area (Å²) in [5.74, 6) is 0. The molecule has 0 nitrogen and oxygen atoms in total. The van der Waals surface area contributed by atoms with E-state index in [1.165, 1.54) is 54.4 Å². The van der Waals surface area contributed by atoms with Gasteiger partial charge in [0.2, 0.25) is 0 Å². The molecule has 0 heterocycles. The van der Waals surface area contributed by atoms with Gasteiger partial charge in [-0.3, -0.25) is 0 Å². The molecule has 0 bridgehead atoms. The van der Waals surface area contributed by atoms with Gasteiger partial charge in [-0.15, -0.1) is 0 Å². The first kappa shape index (κ1) is 24.1. The van der Waals surface area contributed by atoms with E-state index in [1.54, 1.807) is 0 Å². The van der Waals surface area contributed by atoms with Crippen molar-refractivity contribution in [1.29, 1.82) is 0 Å². The number of rotatable bonds is 0. The van der Waals surface area contributed by atoms with E-state index in [9.17, 15) is 0 Å². The average Bonchev–Trinajstić information content (AvgIpc) is 3.03. The Kier molecular flexibility index (Phi) is 15.9. The normalized spacial score (nSPS) is 12.5. The first-order valence-corrected chi connectivity index (χ1v) is 7.80. The number of halogens is 1. The van der Waals surface area contributed by atoms with Crippen LogP contribution in [-0.4, -0.2) is 0 Å². The summed E-state index contributed by atoms with van der Waals surface area (Å²) in [6, 6.07) is 12.6. The molecule has 0 aromatic heterocycles. The Morgan fingerprint density at radius 2 is 1.23 bits per heavy atom. The Morgan fingerprint density at radius 3 is 1.32 bits per heavy atom. The smallest absolute Gasteiger partial charge is 1.00 e. The van der Waals surface area contributed by atoms with Gasteiger partial charge in [-0.05, 0) is 0 Å². The van der Waals surface area contributed by atoms with Crippen molar-refractivity contribution in [2.24, 2.45) is 0 Å². The molecule has 3 rings (SSSR count). The van der Waals surface area contributed by atoms with E-state index in [4.69, 9.17) is 0 Å². The van der Waals surface area contributed by atoms with E-state index in [0.29, 0.717) is 0 Å². The second-order valence-electron chi connectivity index (χ2n) is 5.71. The van der Waals surface area contributed by atoms with Crippen molar-refractivity contribution < 1.29 is 38.6 Å². The molecule has 120 valence electrons. The molecule has 0 atom stereocenters. The van der Waals surface area contributed by atoms with Gasteiger partial charge in [0.25, 0.3) is 0 Å². The summed E-state index contributed by atoms with van der Waals surface area (Å²) >= 11 is 0. The standard InChI is InChI=1S/2C7H9.C6H11.ClH.Zr/c2*1-6-4-3-5-7(6)2;1-2-4-6-5-3-1;;/h2*3-5H,1-2H3;1H,2-6H2;1H;/q3*-1;;+4/p-1. The van der Waals surface area contributed by atoms with Crippen molar-refractivity contribution in [2.45, 2.75) is 59.8 Å². The maximum Gasteiger partial charge on any atom is 4.00 e. The molecule has 0 saturated heterocycles. The summed E-state index contributed by atoms with van der Waals surface area (Å²) in [7, 11) is 0. The third-order valence-corrected chi connectivity index (χ3v) is 3.95. The monoisotopic (exact) mass is 394 g/mol. The zero-order valence-corrected chi connectivity index (χ0v) is 17.7. The van der Waals surface area contributed by atoms with E-state index in [-0.39, 0.29) is 38.6 Å². The van der Waals surface area contributed by atoms with Crippen LogP contribution in [0.2, 0.25) is 0 Å². The van der Waals surface area contributed by atoms with Gasteiger partial charge in [0.15, 0.2) is 0 Å². The van der Waals surface area contributed by atoms with Gasteiger partial charge < -0.3 is 18.8 Å². The fourth-order valence-corrected chi connectivity index (χ4v) is 2.10.